The van der Waals surface area contributed by atoms with Gasteiger partial charge in [0.1, 0.15) is 5.78 Å². The third-order valence-electron chi connectivity index (χ3n) is 2.20. The van der Waals surface area contributed by atoms with Gasteiger partial charge in [-0.05, 0) is 53.1 Å². The van der Waals surface area contributed by atoms with Gasteiger partial charge >= 0.3 is 0 Å². The van der Waals surface area contributed by atoms with Gasteiger partial charge in [0.25, 0.3) is 0 Å². The van der Waals surface area contributed by atoms with Crippen LogP contribution in [0, 0.1) is 3.57 Å². The summed E-state index contributed by atoms with van der Waals surface area (Å²) in [4.78, 5) is 11.4. The summed E-state index contributed by atoms with van der Waals surface area (Å²) in [5.41, 5.74) is 1.25. The van der Waals surface area contributed by atoms with E-state index in [4.69, 9.17) is 0 Å². The SMILES string of the molecule is O=C(CCCBr)CCc1ccc(I)cc1. The lowest BCUT2D eigenvalue weighted by atomic mass is 10.1. The Labute approximate surface area is 113 Å². The highest BCUT2D eigenvalue weighted by Crippen LogP contribution is 2.09. The van der Waals surface area contributed by atoms with Crippen LogP contribution in [0.2, 0.25) is 0 Å². The van der Waals surface area contributed by atoms with Crippen molar-refractivity contribution in [1.29, 1.82) is 0 Å². The summed E-state index contributed by atoms with van der Waals surface area (Å²) in [5.74, 6) is 0.369. The Kier molecular flexibility index (Phi) is 6.48. The van der Waals surface area contributed by atoms with E-state index in [2.05, 4.69) is 62.8 Å². The van der Waals surface area contributed by atoms with Gasteiger partial charge in [-0.15, -0.1) is 0 Å². The molecular weight excluding hydrogens is 367 g/mol. The highest BCUT2D eigenvalue weighted by molar-refractivity contribution is 14.1. The van der Waals surface area contributed by atoms with Crippen molar-refractivity contribution in [3.63, 3.8) is 0 Å². The molecule has 0 spiro atoms. The summed E-state index contributed by atoms with van der Waals surface area (Å²) < 4.78 is 1.24. The smallest absolute Gasteiger partial charge is 0.133 e. The predicted molar refractivity (Wildman–Crippen MR) is 75.5 cm³/mol. The Balaban J connectivity index is 2.30. The molecule has 0 saturated carbocycles. The Morgan fingerprint density at radius 2 is 1.87 bits per heavy atom. The van der Waals surface area contributed by atoms with E-state index in [9.17, 15) is 4.79 Å². The molecule has 0 heterocycles. The van der Waals surface area contributed by atoms with Gasteiger partial charge in [0.2, 0.25) is 0 Å². The molecule has 1 aromatic carbocycles. The van der Waals surface area contributed by atoms with Crippen molar-refractivity contribution >= 4 is 44.3 Å². The number of alkyl halides is 1. The number of halogens is 2. The fraction of sp³-hybridized carbons (Fsp3) is 0.417. The Bertz CT molecular complexity index is 308. The lowest BCUT2D eigenvalue weighted by Gasteiger charge is -2.01. The molecule has 0 amide bonds. The molecule has 1 nitrogen and oxygen atoms in total. The normalized spacial score (nSPS) is 10.3. The first kappa shape index (κ1) is 13.2. The summed E-state index contributed by atoms with van der Waals surface area (Å²) >= 11 is 5.61. The quantitative estimate of drug-likeness (QED) is 0.539. The summed E-state index contributed by atoms with van der Waals surface area (Å²) in [6.07, 6.45) is 3.20. The van der Waals surface area contributed by atoms with E-state index in [1.54, 1.807) is 0 Å². The summed E-state index contributed by atoms with van der Waals surface area (Å²) in [5, 5.41) is 0.919. The maximum Gasteiger partial charge on any atom is 0.133 e. The van der Waals surface area contributed by atoms with Crippen LogP contribution < -0.4 is 0 Å². The molecule has 3 heteroatoms. The first-order valence-electron chi connectivity index (χ1n) is 5.04. The number of carbonyl (C=O) groups excluding carboxylic acids is 1. The van der Waals surface area contributed by atoms with Crippen molar-refractivity contribution in [1.82, 2.24) is 0 Å². The number of carbonyl (C=O) groups is 1. The van der Waals surface area contributed by atoms with Crippen LogP contribution in [0.1, 0.15) is 24.8 Å². The van der Waals surface area contributed by atoms with Gasteiger partial charge < -0.3 is 0 Å². The molecule has 0 aliphatic carbocycles. The molecule has 0 aromatic heterocycles. The average Bonchev–Trinajstić information content (AvgIpc) is 2.25. The van der Waals surface area contributed by atoms with Crippen LogP contribution in [0.4, 0.5) is 0 Å². The van der Waals surface area contributed by atoms with Crippen molar-refractivity contribution in [2.75, 3.05) is 5.33 Å². The minimum absolute atomic E-state index is 0.369. The molecule has 0 unspecified atom stereocenters. The largest absolute Gasteiger partial charge is 0.300 e. The van der Waals surface area contributed by atoms with Crippen LogP contribution in [0.25, 0.3) is 0 Å². The minimum Gasteiger partial charge on any atom is -0.300 e. The molecule has 0 radical (unpaired) electrons. The lowest BCUT2D eigenvalue weighted by Crippen LogP contribution is -2.00. The van der Waals surface area contributed by atoms with Crippen LogP contribution in [0.5, 0.6) is 0 Å². The number of Topliss-reactive ketones (excluding diaryl/α,β-unsaturated/α-hetero) is 1. The fourth-order valence-corrected chi connectivity index (χ4v) is 1.96. The standard InChI is InChI=1S/C12H14BrIO/c13-9-1-2-12(15)8-5-10-3-6-11(14)7-4-10/h3-4,6-7H,1-2,5,8-9H2. The van der Waals surface area contributed by atoms with Gasteiger partial charge in [-0.1, -0.05) is 28.1 Å². The molecule has 0 aliphatic rings. The van der Waals surface area contributed by atoms with Gasteiger partial charge in [-0.2, -0.15) is 0 Å². The Morgan fingerprint density at radius 1 is 1.20 bits per heavy atom. The number of hydrogen-bond acceptors (Lipinski definition) is 1. The van der Waals surface area contributed by atoms with Crippen molar-refractivity contribution in [2.24, 2.45) is 0 Å². The monoisotopic (exact) mass is 380 g/mol. The van der Waals surface area contributed by atoms with Crippen LogP contribution in [-0.2, 0) is 11.2 Å². The Morgan fingerprint density at radius 3 is 2.47 bits per heavy atom. The number of ketones is 1. The van der Waals surface area contributed by atoms with Crippen molar-refractivity contribution in [2.45, 2.75) is 25.7 Å². The molecule has 0 saturated heterocycles. The van der Waals surface area contributed by atoms with E-state index in [-0.39, 0.29) is 0 Å². The zero-order valence-corrected chi connectivity index (χ0v) is 12.3. The van der Waals surface area contributed by atoms with Gasteiger partial charge in [0, 0.05) is 21.7 Å². The molecular formula is C12H14BrIO. The van der Waals surface area contributed by atoms with Gasteiger partial charge in [-0.25, -0.2) is 0 Å². The maximum absolute atomic E-state index is 11.4. The van der Waals surface area contributed by atoms with E-state index < -0.39 is 0 Å². The van der Waals surface area contributed by atoms with E-state index in [1.165, 1.54) is 9.13 Å². The van der Waals surface area contributed by atoms with E-state index in [0.29, 0.717) is 18.6 Å². The topological polar surface area (TPSA) is 17.1 Å². The summed E-state index contributed by atoms with van der Waals surface area (Å²) in [7, 11) is 0. The van der Waals surface area contributed by atoms with E-state index in [1.807, 2.05) is 0 Å². The maximum atomic E-state index is 11.4. The average molecular weight is 381 g/mol. The first-order chi connectivity index (χ1) is 7.22. The lowest BCUT2D eigenvalue weighted by molar-refractivity contribution is -0.119. The highest BCUT2D eigenvalue weighted by atomic mass is 127. The van der Waals surface area contributed by atoms with Crippen molar-refractivity contribution in [3.05, 3.63) is 33.4 Å². The zero-order valence-electron chi connectivity index (χ0n) is 8.51. The molecule has 82 valence electrons. The summed E-state index contributed by atoms with van der Waals surface area (Å²) in [6.45, 7) is 0. The number of benzene rings is 1. The van der Waals surface area contributed by atoms with Crippen molar-refractivity contribution in [3.8, 4) is 0 Å². The number of aryl methyl sites for hydroxylation is 1. The second kappa shape index (κ2) is 7.39. The van der Waals surface area contributed by atoms with E-state index >= 15 is 0 Å². The van der Waals surface area contributed by atoms with Gasteiger partial charge in [0.05, 0.1) is 0 Å². The molecule has 0 bridgehead atoms. The first-order valence-corrected chi connectivity index (χ1v) is 7.24. The number of rotatable bonds is 6. The van der Waals surface area contributed by atoms with Crippen LogP contribution in [0.15, 0.2) is 24.3 Å². The van der Waals surface area contributed by atoms with Crippen LogP contribution >= 0.6 is 38.5 Å². The third kappa shape index (κ3) is 5.66. The molecule has 0 aliphatic heterocycles. The number of hydrogen-bond donors (Lipinski definition) is 0. The predicted octanol–water partition coefficient (Wildman–Crippen LogP) is 3.97. The van der Waals surface area contributed by atoms with E-state index in [0.717, 1.165) is 18.2 Å². The fourth-order valence-electron chi connectivity index (χ4n) is 1.32. The van der Waals surface area contributed by atoms with Crippen LogP contribution in [0.3, 0.4) is 0 Å². The molecule has 1 aromatic rings. The minimum atomic E-state index is 0.369. The van der Waals surface area contributed by atoms with Crippen molar-refractivity contribution < 1.29 is 4.79 Å². The van der Waals surface area contributed by atoms with Gasteiger partial charge in [-0.3, -0.25) is 4.79 Å². The zero-order chi connectivity index (χ0) is 11.1. The molecule has 0 fully saturated rings. The van der Waals surface area contributed by atoms with Crippen LogP contribution in [-0.4, -0.2) is 11.1 Å². The molecule has 1 rings (SSSR count). The molecule has 0 N–H and O–H groups in total. The Hall–Kier alpha value is 0.1000. The molecule has 0 atom stereocenters. The molecule has 15 heavy (non-hydrogen) atoms. The van der Waals surface area contributed by atoms with Gasteiger partial charge in [0.15, 0.2) is 0 Å². The summed E-state index contributed by atoms with van der Waals surface area (Å²) in [6, 6.07) is 8.36. The third-order valence-corrected chi connectivity index (χ3v) is 3.47. The highest BCUT2D eigenvalue weighted by Gasteiger charge is 2.02. The second-order valence-electron chi connectivity index (χ2n) is 3.46. The second-order valence-corrected chi connectivity index (χ2v) is 5.50.